The van der Waals surface area contributed by atoms with E-state index in [1.807, 2.05) is 13.0 Å². The van der Waals surface area contributed by atoms with E-state index in [1.54, 1.807) is 37.6 Å². The van der Waals surface area contributed by atoms with Crippen LogP contribution in [0.2, 0.25) is 0 Å². The van der Waals surface area contributed by atoms with Gasteiger partial charge in [0.1, 0.15) is 0 Å². The average molecular weight is 291 g/mol. The van der Waals surface area contributed by atoms with Crippen molar-refractivity contribution in [2.24, 2.45) is 0 Å². The number of sulfonamides is 1. The van der Waals surface area contributed by atoms with Gasteiger partial charge in [-0.2, -0.15) is 4.31 Å². The van der Waals surface area contributed by atoms with Gasteiger partial charge in [-0.25, -0.2) is 8.42 Å². The van der Waals surface area contributed by atoms with Crippen molar-refractivity contribution in [1.29, 1.82) is 0 Å². The van der Waals surface area contributed by atoms with Gasteiger partial charge in [-0.1, -0.05) is 6.07 Å². The number of rotatable bonds is 4. The zero-order chi connectivity index (χ0) is 14.8. The molecule has 0 aliphatic carbocycles. The van der Waals surface area contributed by atoms with Gasteiger partial charge in [0.25, 0.3) is 0 Å². The molecular weight excluding hydrogens is 274 g/mol. The number of nitrogen functional groups attached to an aromatic ring is 1. The van der Waals surface area contributed by atoms with E-state index in [1.165, 1.54) is 10.4 Å². The normalized spacial score (nSPS) is 11.8. The third-order valence-electron chi connectivity index (χ3n) is 2.91. The van der Waals surface area contributed by atoms with Gasteiger partial charge in [-0.15, -0.1) is 0 Å². The van der Waals surface area contributed by atoms with Crippen LogP contribution in [0.3, 0.4) is 0 Å². The summed E-state index contributed by atoms with van der Waals surface area (Å²) in [5.41, 5.74) is 7.81. The number of hydrogen-bond acceptors (Lipinski definition) is 4. The minimum absolute atomic E-state index is 0.210. The lowest BCUT2D eigenvalue weighted by molar-refractivity contribution is 0.466. The average Bonchev–Trinajstić information content (AvgIpc) is 2.38. The Morgan fingerprint density at radius 1 is 1.30 bits per heavy atom. The first-order valence-corrected chi connectivity index (χ1v) is 7.56. The van der Waals surface area contributed by atoms with E-state index in [9.17, 15) is 8.42 Å². The van der Waals surface area contributed by atoms with Gasteiger partial charge in [0.15, 0.2) is 0 Å². The first-order chi connectivity index (χ1) is 9.39. The highest BCUT2D eigenvalue weighted by Gasteiger charge is 2.21. The van der Waals surface area contributed by atoms with E-state index in [2.05, 4.69) is 4.98 Å². The maximum Gasteiger partial charge on any atom is 0.243 e. The van der Waals surface area contributed by atoms with Crippen LogP contribution in [-0.2, 0) is 16.6 Å². The molecule has 2 aromatic rings. The molecule has 0 saturated heterocycles. The summed E-state index contributed by atoms with van der Waals surface area (Å²) in [6.07, 6.45) is 3.30. The van der Waals surface area contributed by atoms with Gasteiger partial charge < -0.3 is 5.73 Å². The molecule has 5 nitrogen and oxygen atoms in total. The van der Waals surface area contributed by atoms with Crippen molar-refractivity contribution < 1.29 is 8.42 Å². The molecule has 1 aromatic carbocycles. The van der Waals surface area contributed by atoms with Crippen LogP contribution < -0.4 is 5.73 Å². The summed E-state index contributed by atoms with van der Waals surface area (Å²) in [7, 11) is -2.01. The van der Waals surface area contributed by atoms with Crippen molar-refractivity contribution in [2.45, 2.75) is 18.4 Å². The van der Waals surface area contributed by atoms with Crippen LogP contribution in [0.4, 0.5) is 5.69 Å². The fraction of sp³-hybridized carbons (Fsp3) is 0.214. The highest BCUT2D eigenvalue weighted by atomic mass is 32.2. The summed E-state index contributed by atoms with van der Waals surface area (Å²) in [6.45, 7) is 2.08. The van der Waals surface area contributed by atoms with Crippen molar-refractivity contribution in [1.82, 2.24) is 9.29 Å². The summed E-state index contributed by atoms with van der Waals surface area (Å²) in [4.78, 5) is 4.19. The minimum Gasteiger partial charge on any atom is -0.399 e. The smallest absolute Gasteiger partial charge is 0.243 e. The predicted octanol–water partition coefficient (Wildman–Crippen LogP) is 1.79. The second kappa shape index (κ2) is 5.60. The predicted molar refractivity (Wildman–Crippen MR) is 78.5 cm³/mol. The SMILES string of the molecule is Cc1cc(N)cc(S(=O)(=O)N(C)Cc2cccnc2)c1. The van der Waals surface area contributed by atoms with E-state index < -0.39 is 10.0 Å². The zero-order valence-electron chi connectivity index (χ0n) is 11.4. The number of aromatic nitrogens is 1. The Morgan fingerprint density at radius 3 is 2.65 bits per heavy atom. The van der Waals surface area contributed by atoms with Crippen LogP contribution in [0.15, 0.2) is 47.6 Å². The summed E-state index contributed by atoms with van der Waals surface area (Å²) in [6, 6.07) is 8.44. The molecule has 0 aliphatic rings. The van der Waals surface area contributed by atoms with E-state index in [0.717, 1.165) is 11.1 Å². The number of nitrogens with zero attached hydrogens (tertiary/aromatic N) is 2. The third-order valence-corrected chi connectivity index (χ3v) is 4.69. The molecule has 0 fully saturated rings. The molecule has 1 aromatic heterocycles. The number of benzene rings is 1. The molecule has 0 unspecified atom stereocenters. The molecular formula is C14H17N3O2S. The molecule has 0 bridgehead atoms. The molecule has 0 atom stereocenters. The number of hydrogen-bond donors (Lipinski definition) is 1. The molecule has 0 aliphatic heterocycles. The zero-order valence-corrected chi connectivity index (χ0v) is 12.3. The van der Waals surface area contributed by atoms with Crippen molar-refractivity contribution in [2.75, 3.05) is 12.8 Å². The minimum atomic E-state index is -3.56. The van der Waals surface area contributed by atoms with E-state index in [0.29, 0.717) is 5.69 Å². The van der Waals surface area contributed by atoms with Gasteiger partial charge in [-0.3, -0.25) is 4.98 Å². The molecule has 6 heteroatoms. The monoisotopic (exact) mass is 291 g/mol. The van der Waals surface area contributed by atoms with Crippen LogP contribution in [0.25, 0.3) is 0 Å². The summed E-state index contributed by atoms with van der Waals surface area (Å²) < 4.78 is 26.3. The molecule has 0 amide bonds. The Morgan fingerprint density at radius 2 is 2.05 bits per heavy atom. The molecule has 0 radical (unpaired) electrons. The first kappa shape index (κ1) is 14.5. The fourth-order valence-electron chi connectivity index (χ4n) is 1.94. The van der Waals surface area contributed by atoms with E-state index >= 15 is 0 Å². The standard InChI is InChI=1S/C14H17N3O2S/c1-11-6-13(15)8-14(7-11)20(18,19)17(2)10-12-4-3-5-16-9-12/h3-9H,10,15H2,1-2H3. The second-order valence-corrected chi connectivity index (χ2v) is 6.75. The number of nitrogens with two attached hydrogens (primary N) is 1. The van der Waals surface area contributed by atoms with Gasteiger partial charge in [0.2, 0.25) is 10.0 Å². The number of pyridine rings is 1. The molecule has 20 heavy (non-hydrogen) atoms. The van der Waals surface area contributed by atoms with Gasteiger partial charge >= 0.3 is 0 Å². The maximum atomic E-state index is 12.5. The Kier molecular flexibility index (Phi) is 4.06. The quantitative estimate of drug-likeness (QED) is 0.871. The lowest BCUT2D eigenvalue weighted by Crippen LogP contribution is -2.26. The maximum absolute atomic E-state index is 12.5. The van der Waals surface area contributed by atoms with Gasteiger partial charge in [0.05, 0.1) is 4.90 Å². The lowest BCUT2D eigenvalue weighted by atomic mass is 10.2. The van der Waals surface area contributed by atoms with Crippen LogP contribution in [0, 0.1) is 6.92 Å². The Labute approximate surface area is 119 Å². The van der Waals surface area contributed by atoms with Crippen molar-refractivity contribution in [3.05, 3.63) is 53.9 Å². The van der Waals surface area contributed by atoms with Crippen molar-refractivity contribution >= 4 is 15.7 Å². The van der Waals surface area contributed by atoms with Crippen LogP contribution in [0.5, 0.6) is 0 Å². The van der Waals surface area contributed by atoms with Crippen LogP contribution in [-0.4, -0.2) is 24.8 Å². The van der Waals surface area contributed by atoms with Crippen LogP contribution >= 0.6 is 0 Å². The topological polar surface area (TPSA) is 76.3 Å². The Balaban J connectivity index is 2.30. The molecule has 0 saturated carbocycles. The third kappa shape index (κ3) is 3.15. The lowest BCUT2D eigenvalue weighted by Gasteiger charge is -2.17. The Hall–Kier alpha value is -1.92. The summed E-state index contributed by atoms with van der Waals surface area (Å²) >= 11 is 0. The summed E-state index contributed by atoms with van der Waals surface area (Å²) in [5.74, 6) is 0. The van der Waals surface area contributed by atoms with Crippen molar-refractivity contribution in [3.63, 3.8) is 0 Å². The largest absolute Gasteiger partial charge is 0.399 e. The molecule has 2 N–H and O–H groups in total. The van der Waals surface area contributed by atoms with Gasteiger partial charge in [-0.05, 0) is 42.3 Å². The molecule has 106 valence electrons. The summed E-state index contributed by atoms with van der Waals surface area (Å²) in [5, 5.41) is 0. The Bertz CT molecular complexity index is 679. The molecule has 2 rings (SSSR count). The number of aryl methyl sites for hydroxylation is 1. The first-order valence-electron chi connectivity index (χ1n) is 6.12. The van der Waals surface area contributed by atoms with E-state index in [-0.39, 0.29) is 11.4 Å². The number of anilines is 1. The van der Waals surface area contributed by atoms with Gasteiger partial charge in [0, 0.05) is 31.7 Å². The fourth-order valence-corrected chi connectivity index (χ4v) is 3.24. The highest BCUT2D eigenvalue weighted by molar-refractivity contribution is 7.89. The second-order valence-electron chi connectivity index (χ2n) is 4.70. The van der Waals surface area contributed by atoms with E-state index in [4.69, 9.17) is 5.73 Å². The van der Waals surface area contributed by atoms with Crippen LogP contribution in [0.1, 0.15) is 11.1 Å². The molecule has 1 heterocycles. The molecule has 0 spiro atoms. The highest BCUT2D eigenvalue weighted by Crippen LogP contribution is 2.20. The van der Waals surface area contributed by atoms with Crippen molar-refractivity contribution in [3.8, 4) is 0 Å².